The van der Waals surface area contributed by atoms with E-state index in [1.54, 1.807) is 11.0 Å². The van der Waals surface area contributed by atoms with Gasteiger partial charge in [0.2, 0.25) is 5.91 Å². The standard InChI is InChI=1S/C19H21N3O2/c1-14-12-17(21-15(2)20-14)18-13-22(10-11-24-18)19(23)9-8-16-6-4-3-5-7-16/h3-9,12,18H,10-11,13H2,1-2H3/b9-8+/t18-/m0/s1. The van der Waals surface area contributed by atoms with E-state index in [0.717, 1.165) is 22.8 Å². The van der Waals surface area contributed by atoms with E-state index in [9.17, 15) is 4.79 Å². The number of hydrogen-bond acceptors (Lipinski definition) is 4. The first-order valence-corrected chi connectivity index (χ1v) is 8.07. The highest BCUT2D eigenvalue weighted by atomic mass is 16.5. The molecule has 2 aromatic rings. The van der Waals surface area contributed by atoms with Crippen LogP contribution in [0.5, 0.6) is 0 Å². The summed E-state index contributed by atoms with van der Waals surface area (Å²) < 4.78 is 5.81. The van der Waals surface area contributed by atoms with E-state index in [1.165, 1.54) is 0 Å². The number of ether oxygens (including phenoxy) is 1. The highest BCUT2D eigenvalue weighted by Gasteiger charge is 2.25. The number of morpholine rings is 1. The summed E-state index contributed by atoms with van der Waals surface area (Å²) in [4.78, 5) is 23.0. The predicted molar refractivity (Wildman–Crippen MR) is 92.3 cm³/mol. The van der Waals surface area contributed by atoms with Crippen LogP contribution in [0.2, 0.25) is 0 Å². The van der Waals surface area contributed by atoms with Crippen LogP contribution in [-0.2, 0) is 9.53 Å². The molecule has 1 aliphatic rings. The Kier molecular flexibility index (Phi) is 5.01. The second-order valence-corrected chi connectivity index (χ2v) is 5.87. The molecule has 0 radical (unpaired) electrons. The van der Waals surface area contributed by atoms with Crippen LogP contribution in [0.1, 0.15) is 28.9 Å². The summed E-state index contributed by atoms with van der Waals surface area (Å²) in [6.07, 6.45) is 3.26. The van der Waals surface area contributed by atoms with E-state index < -0.39 is 0 Å². The van der Waals surface area contributed by atoms with Gasteiger partial charge in [-0.05, 0) is 31.6 Å². The maximum absolute atomic E-state index is 12.4. The van der Waals surface area contributed by atoms with Crippen LogP contribution in [-0.4, -0.2) is 40.5 Å². The van der Waals surface area contributed by atoms with Gasteiger partial charge in [-0.1, -0.05) is 30.3 Å². The average Bonchev–Trinajstić information content (AvgIpc) is 2.60. The van der Waals surface area contributed by atoms with Crippen LogP contribution < -0.4 is 0 Å². The van der Waals surface area contributed by atoms with Gasteiger partial charge in [0.25, 0.3) is 0 Å². The molecule has 0 aliphatic carbocycles. The molecule has 0 N–H and O–H groups in total. The fourth-order valence-electron chi connectivity index (χ4n) is 2.78. The first-order chi connectivity index (χ1) is 11.6. The van der Waals surface area contributed by atoms with Crippen molar-refractivity contribution in [1.82, 2.24) is 14.9 Å². The topological polar surface area (TPSA) is 55.3 Å². The number of carbonyl (C=O) groups excluding carboxylic acids is 1. The lowest BCUT2D eigenvalue weighted by Gasteiger charge is -2.32. The third-order valence-corrected chi connectivity index (χ3v) is 3.91. The van der Waals surface area contributed by atoms with Gasteiger partial charge in [-0.3, -0.25) is 4.79 Å². The van der Waals surface area contributed by atoms with Gasteiger partial charge >= 0.3 is 0 Å². The van der Waals surface area contributed by atoms with Crippen LogP contribution in [0.4, 0.5) is 0 Å². The van der Waals surface area contributed by atoms with Crippen molar-refractivity contribution in [1.29, 1.82) is 0 Å². The molecule has 1 atom stereocenters. The number of hydrogen-bond donors (Lipinski definition) is 0. The number of amides is 1. The van der Waals surface area contributed by atoms with Crippen molar-refractivity contribution in [3.05, 3.63) is 65.2 Å². The molecule has 0 saturated carbocycles. The second kappa shape index (κ2) is 7.36. The molecule has 24 heavy (non-hydrogen) atoms. The number of benzene rings is 1. The van der Waals surface area contributed by atoms with E-state index in [4.69, 9.17) is 4.74 Å². The van der Waals surface area contributed by atoms with E-state index in [2.05, 4.69) is 9.97 Å². The summed E-state index contributed by atoms with van der Waals surface area (Å²) in [5, 5.41) is 0. The predicted octanol–water partition coefficient (Wildman–Crippen LogP) is 2.71. The van der Waals surface area contributed by atoms with Gasteiger partial charge in [0, 0.05) is 18.3 Å². The summed E-state index contributed by atoms with van der Waals surface area (Å²) in [5.74, 6) is 0.718. The van der Waals surface area contributed by atoms with E-state index in [-0.39, 0.29) is 12.0 Å². The molecule has 0 unspecified atom stereocenters. The van der Waals surface area contributed by atoms with E-state index in [1.807, 2.05) is 56.3 Å². The number of rotatable bonds is 3. The van der Waals surface area contributed by atoms with Crippen molar-refractivity contribution in [2.24, 2.45) is 0 Å². The lowest BCUT2D eigenvalue weighted by molar-refractivity contribution is -0.133. The summed E-state index contributed by atoms with van der Waals surface area (Å²) in [6, 6.07) is 11.7. The molecule has 5 heteroatoms. The lowest BCUT2D eigenvalue weighted by atomic mass is 10.1. The molecular formula is C19H21N3O2. The minimum atomic E-state index is -0.201. The summed E-state index contributed by atoms with van der Waals surface area (Å²) in [7, 11) is 0. The largest absolute Gasteiger partial charge is 0.368 e. The molecule has 3 rings (SSSR count). The van der Waals surface area contributed by atoms with Crippen molar-refractivity contribution < 1.29 is 9.53 Å². The average molecular weight is 323 g/mol. The molecule has 1 saturated heterocycles. The monoisotopic (exact) mass is 323 g/mol. The van der Waals surface area contributed by atoms with Crippen LogP contribution >= 0.6 is 0 Å². The van der Waals surface area contributed by atoms with E-state index in [0.29, 0.717) is 19.7 Å². The smallest absolute Gasteiger partial charge is 0.246 e. The Hall–Kier alpha value is -2.53. The molecule has 1 amide bonds. The maximum atomic E-state index is 12.4. The Labute approximate surface area is 142 Å². The number of nitrogens with zero attached hydrogens (tertiary/aromatic N) is 3. The molecule has 124 valence electrons. The summed E-state index contributed by atoms with van der Waals surface area (Å²) >= 11 is 0. The van der Waals surface area contributed by atoms with Crippen molar-refractivity contribution in [3.8, 4) is 0 Å². The number of aryl methyl sites for hydroxylation is 2. The first-order valence-electron chi connectivity index (χ1n) is 8.07. The number of aromatic nitrogens is 2. The lowest BCUT2D eigenvalue weighted by Crippen LogP contribution is -2.41. The molecule has 2 heterocycles. The number of carbonyl (C=O) groups is 1. The van der Waals surface area contributed by atoms with Crippen LogP contribution in [0, 0.1) is 13.8 Å². The molecule has 0 spiro atoms. The molecule has 1 aliphatic heterocycles. The third-order valence-electron chi connectivity index (χ3n) is 3.91. The van der Waals surface area contributed by atoms with Gasteiger partial charge in [-0.25, -0.2) is 9.97 Å². The van der Waals surface area contributed by atoms with Gasteiger partial charge in [0.1, 0.15) is 11.9 Å². The normalized spacial score (nSPS) is 18.1. The second-order valence-electron chi connectivity index (χ2n) is 5.87. The van der Waals surface area contributed by atoms with Crippen molar-refractivity contribution in [2.45, 2.75) is 20.0 Å². The van der Waals surface area contributed by atoms with Gasteiger partial charge < -0.3 is 9.64 Å². The van der Waals surface area contributed by atoms with Crippen molar-refractivity contribution >= 4 is 12.0 Å². The fraction of sp³-hybridized carbons (Fsp3) is 0.316. The Balaban J connectivity index is 1.68. The van der Waals surface area contributed by atoms with Crippen molar-refractivity contribution in [2.75, 3.05) is 19.7 Å². The van der Waals surface area contributed by atoms with E-state index >= 15 is 0 Å². The van der Waals surface area contributed by atoms with Crippen molar-refractivity contribution in [3.63, 3.8) is 0 Å². The zero-order chi connectivity index (χ0) is 16.9. The van der Waals surface area contributed by atoms with Gasteiger partial charge in [-0.2, -0.15) is 0 Å². The third kappa shape index (κ3) is 4.06. The minimum Gasteiger partial charge on any atom is -0.368 e. The molecule has 1 aromatic heterocycles. The molecule has 0 bridgehead atoms. The van der Waals surface area contributed by atoms with Crippen LogP contribution in [0.25, 0.3) is 6.08 Å². The van der Waals surface area contributed by atoms with Crippen LogP contribution in [0.3, 0.4) is 0 Å². The summed E-state index contributed by atoms with van der Waals surface area (Å²) in [5.41, 5.74) is 2.76. The Morgan fingerprint density at radius 1 is 1.25 bits per heavy atom. The Morgan fingerprint density at radius 3 is 2.79 bits per heavy atom. The van der Waals surface area contributed by atoms with Gasteiger partial charge in [0.05, 0.1) is 18.8 Å². The fourth-order valence-corrected chi connectivity index (χ4v) is 2.78. The SMILES string of the molecule is Cc1cc([C@@H]2CN(C(=O)/C=C/c3ccccc3)CCO2)nc(C)n1. The highest BCUT2D eigenvalue weighted by Crippen LogP contribution is 2.21. The molecule has 1 fully saturated rings. The van der Waals surface area contributed by atoms with Gasteiger partial charge in [0.15, 0.2) is 0 Å². The molecular weight excluding hydrogens is 302 g/mol. The minimum absolute atomic E-state index is 0.00495. The molecule has 1 aromatic carbocycles. The Bertz CT molecular complexity index is 723. The molecule has 5 nitrogen and oxygen atoms in total. The van der Waals surface area contributed by atoms with Crippen LogP contribution in [0.15, 0.2) is 42.5 Å². The zero-order valence-corrected chi connectivity index (χ0v) is 14.0. The Morgan fingerprint density at radius 2 is 2.04 bits per heavy atom. The zero-order valence-electron chi connectivity index (χ0n) is 14.0. The highest BCUT2D eigenvalue weighted by molar-refractivity contribution is 5.91. The summed E-state index contributed by atoms with van der Waals surface area (Å²) in [6.45, 7) is 5.42. The maximum Gasteiger partial charge on any atom is 0.246 e. The van der Waals surface area contributed by atoms with Gasteiger partial charge in [-0.15, -0.1) is 0 Å². The quantitative estimate of drug-likeness (QED) is 0.815. The first kappa shape index (κ1) is 16.3.